The fraction of sp³-hybridized carbons (Fsp3) is 0.571. The number of hydrogen-bond acceptors (Lipinski definition) is 18. The van der Waals surface area contributed by atoms with Crippen LogP contribution in [-0.2, 0) is 57.0 Å². The number of carbonyl (C=O) groups excluding carboxylic acids is 7. The summed E-state index contributed by atoms with van der Waals surface area (Å²) < 4.78 is 47.9. The molecule has 6 rings (SSSR count). The Morgan fingerprint density at radius 3 is 1.89 bits per heavy atom. The number of esters is 3. The summed E-state index contributed by atoms with van der Waals surface area (Å²) in [7, 11) is 0. The number of carbonyl (C=O) groups is 7. The van der Waals surface area contributed by atoms with Gasteiger partial charge < -0.3 is 58.2 Å². The highest BCUT2D eigenvalue weighted by molar-refractivity contribution is 6.68. The maximum atomic E-state index is 16.3. The molecule has 3 fully saturated rings. The lowest BCUT2D eigenvalue weighted by Crippen LogP contribution is -2.82. The Labute approximate surface area is 455 Å². The molecular formula is C49H55Cl6NO18. The molecule has 3 aliphatic carbocycles. The summed E-state index contributed by atoms with van der Waals surface area (Å²) in [6.07, 6.45) is -16.6. The van der Waals surface area contributed by atoms with Gasteiger partial charge in [-0.3, -0.25) is 9.59 Å². The molecule has 0 aromatic heterocycles. The van der Waals surface area contributed by atoms with Crippen LogP contribution in [0, 0.1) is 16.7 Å². The molecular weight excluding hydrogens is 1100 g/mol. The van der Waals surface area contributed by atoms with Crippen LogP contribution in [0.5, 0.6) is 0 Å². The van der Waals surface area contributed by atoms with Gasteiger partial charge in [0.25, 0.3) is 0 Å². The lowest BCUT2D eigenvalue weighted by Gasteiger charge is -2.67. The first-order valence-corrected chi connectivity index (χ1v) is 25.2. The van der Waals surface area contributed by atoms with Crippen LogP contribution in [-0.4, -0.2) is 133 Å². The second-order valence-corrected chi connectivity index (χ2v) is 25.1. The third kappa shape index (κ3) is 12.4. The van der Waals surface area contributed by atoms with E-state index in [4.69, 9.17) is 112 Å². The number of benzene rings is 2. The quantitative estimate of drug-likeness (QED) is 0.0781. The number of aliphatic hydroxyl groups is 2. The summed E-state index contributed by atoms with van der Waals surface area (Å²) in [5.41, 5.74) is -10.2. The second kappa shape index (κ2) is 22.0. The van der Waals surface area contributed by atoms with Gasteiger partial charge in [-0.1, -0.05) is 132 Å². The highest BCUT2D eigenvalue weighted by Gasteiger charge is 2.79. The molecule has 2 aromatic carbocycles. The van der Waals surface area contributed by atoms with Crippen LogP contribution in [0.2, 0.25) is 0 Å². The highest BCUT2D eigenvalue weighted by atomic mass is 35.6. The van der Waals surface area contributed by atoms with Crippen LogP contribution in [0.1, 0.15) is 90.2 Å². The normalized spacial score (nSPS) is 29.2. The summed E-state index contributed by atoms with van der Waals surface area (Å²) in [6.45, 7) is 9.11. The average molecular weight is 1160 g/mol. The first kappa shape index (κ1) is 58.9. The van der Waals surface area contributed by atoms with E-state index in [0.29, 0.717) is 0 Å². The first-order chi connectivity index (χ1) is 34.1. The average Bonchev–Trinajstić information content (AvgIpc) is 3.29. The molecule has 0 radical (unpaired) electrons. The van der Waals surface area contributed by atoms with Gasteiger partial charge >= 0.3 is 36.3 Å². The van der Waals surface area contributed by atoms with Gasteiger partial charge in [-0.05, 0) is 63.5 Å². The lowest BCUT2D eigenvalue weighted by atomic mass is 9.44. The summed E-state index contributed by atoms with van der Waals surface area (Å²) in [6, 6.07) is 13.8. The molecule has 0 unspecified atom stereocenters. The number of Topliss-reactive ketones (excluding diaryl/α,β-unsaturated/α-hetero) is 1. The summed E-state index contributed by atoms with van der Waals surface area (Å²) in [5.74, 6) is -6.38. The van der Waals surface area contributed by atoms with Gasteiger partial charge in [0.05, 0.1) is 29.5 Å². The monoisotopic (exact) mass is 1160 g/mol. The van der Waals surface area contributed by atoms with Gasteiger partial charge in [0, 0.05) is 25.2 Å². The van der Waals surface area contributed by atoms with Crippen molar-refractivity contribution in [3.05, 3.63) is 82.9 Å². The maximum absolute atomic E-state index is 16.3. The Morgan fingerprint density at radius 1 is 0.824 bits per heavy atom. The van der Waals surface area contributed by atoms with Gasteiger partial charge in [0.2, 0.25) is 7.59 Å². The number of ketones is 1. The third-order valence-electron chi connectivity index (χ3n) is 13.7. The van der Waals surface area contributed by atoms with Gasteiger partial charge in [-0.25, -0.2) is 24.0 Å². The molecule has 3 N–H and O–H groups in total. The summed E-state index contributed by atoms with van der Waals surface area (Å²) >= 11 is 35.4. The molecule has 1 saturated heterocycles. The van der Waals surface area contributed by atoms with E-state index in [0.717, 1.165) is 6.92 Å². The Balaban J connectivity index is 1.61. The molecule has 1 heterocycles. The number of halogens is 6. The number of ether oxygens (including phenoxy) is 9. The van der Waals surface area contributed by atoms with Crippen molar-refractivity contribution in [3.63, 3.8) is 0 Å². The van der Waals surface area contributed by atoms with E-state index < -0.39 is 159 Å². The van der Waals surface area contributed by atoms with E-state index >= 15 is 4.79 Å². The predicted octanol–water partition coefficient (Wildman–Crippen LogP) is 8.32. The van der Waals surface area contributed by atoms with Crippen LogP contribution < -0.4 is 5.32 Å². The summed E-state index contributed by atoms with van der Waals surface area (Å²) in [4.78, 5) is 99.4. The molecule has 11 atom stereocenters. The minimum absolute atomic E-state index is 0.0470. The highest BCUT2D eigenvalue weighted by Crippen LogP contribution is 2.65. The number of rotatable bonds is 12. The van der Waals surface area contributed by atoms with E-state index in [2.05, 4.69) is 5.32 Å². The van der Waals surface area contributed by atoms with Crippen molar-refractivity contribution < 1.29 is 86.4 Å². The van der Waals surface area contributed by atoms with E-state index in [1.54, 1.807) is 45.0 Å². The Bertz CT molecular complexity index is 2510. The molecule has 2 saturated carbocycles. The minimum Gasteiger partial charge on any atom is -0.456 e. The number of hydrogen-bond donors (Lipinski definition) is 3. The number of fused-ring (bicyclic) bond motifs is 5. The van der Waals surface area contributed by atoms with Crippen LogP contribution >= 0.6 is 69.6 Å². The van der Waals surface area contributed by atoms with Gasteiger partial charge in [0.15, 0.2) is 23.6 Å². The smallest absolute Gasteiger partial charge is 0.456 e. The van der Waals surface area contributed by atoms with Crippen molar-refractivity contribution in [2.45, 2.75) is 135 Å². The molecule has 1 aliphatic heterocycles. The molecule has 2 bridgehead atoms. The molecule has 74 heavy (non-hydrogen) atoms. The Kier molecular flexibility index (Phi) is 17.5. The Hall–Kier alpha value is -4.31. The topological polar surface area (TPSA) is 255 Å². The van der Waals surface area contributed by atoms with Crippen LogP contribution in [0.3, 0.4) is 0 Å². The van der Waals surface area contributed by atoms with Gasteiger partial charge in [-0.15, -0.1) is 0 Å². The van der Waals surface area contributed by atoms with Crippen LogP contribution in [0.15, 0.2) is 71.8 Å². The molecule has 406 valence electrons. The molecule has 0 spiro atoms. The van der Waals surface area contributed by atoms with Crippen molar-refractivity contribution in [3.8, 4) is 0 Å². The zero-order chi connectivity index (χ0) is 55.1. The number of nitrogens with one attached hydrogen (secondary N) is 1. The van der Waals surface area contributed by atoms with Crippen molar-refractivity contribution in [2.75, 3.05) is 19.8 Å². The van der Waals surface area contributed by atoms with E-state index in [1.807, 2.05) is 0 Å². The first-order valence-electron chi connectivity index (χ1n) is 22.9. The van der Waals surface area contributed by atoms with Crippen LogP contribution in [0.4, 0.5) is 14.4 Å². The SMILES string of the molecule is CC(=O)O[C@@]12CO[C@@H]1C[C@H](OC(=O)OCC(Cl)(Cl)Cl)[C@@]1(C)C(=O)[C@H](OC(=O)OCC(Cl)(Cl)Cl)C3=C(C)[C@@H](OC(=O)[C@H](O)[C@H](NC(=O)OC(C)(C)C)c4ccccc4)C[C@@](O)([C@@H](OC(=O)c4ccccc4)[C@H]21)C3(C)C. The number of aliphatic hydroxyl groups excluding tert-OH is 1. The third-order valence-corrected chi connectivity index (χ3v) is 14.3. The van der Waals surface area contributed by atoms with Gasteiger partial charge in [0.1, 0.15) is 48.8 Å². The fourth-order valence-electron chi connectivity index (χ4n) is 10.3. The Morgan fingerprint density at radius 2 is 1.38 bits per heavy atom. The zero-order valence-electron chi connectivity index (χ0n) is 41.1. The van der Waals surface area contributed by atoms with E-state index in [9.17, 15) is 39.0 Å². The maximum Gasteiger partial charge on any atom is 0.509 e. The van der Waals surface area contributed by atoms with Crippen molar-refractivity contribution in [2.24, 2.45) is 16.7 Å². The predicted molar refractivity (Wildman–Crippen MR) is 265 cm³/mol. The van der Waals surface area contributed by atoms with Crippen LogP contribution in [0.25, 0.3) is 0 Å². The van der Waals surface area contributed by atoms with Crippen molar-refractivity contribution >= 4 is 112 Å². The standard InChI is InChI=1S/C49H55Cl6NO18/c1-24-28(69-39(61)33(58)32(26-15-11-9-12-16-26)56-40(62)74-43(3,4)5)20-47(65)37(72-38(60)27-17-13-10-14-18-27)35-45(8,36(59)34(31(24)44(47,6)7)71-42(64)68-23-49(53,54)55)29(70-41(63)67-22-48(50,51)52)19-30-46(35,21-66-30)73-25(2)57/h9-18,28-30,32-35,37,58,65H,19-23H2,1-8H3,(H,56,62)/t28-,29-,30+,32+,33+,34+,35-,37-,45+,46-,47+/m0/s1. The molecule has 2 aromatic rings. The lowest BCUT2D eigenvalue weighted by molar-refractivity contribution is -0.346. The second-order valence-electron chi connectivity index (χ2n) is 20.1. The molecule has 4 aliphatic rings. The minimum atomic E-state index is -2.66. The van der Waals surface area contributed by atoms with Crippen molar-refractivity contribution in [1.82, 2.24) is 5.32 Å². The summed E-state index contributed by atoms with van der Waals surface area (Å²) in [5, 5.41) is 28.4. The number of alkyl carbamates (subject to hydrolysis) is 1. The number of amides is 1. The van der Waals surface area contributed by atoms with E-state index in [1.165, 1.54) is 64.1 Å². The number of alkyl halides is 6. The largest absolute Gasteiger partial charge is 0.509 e. The zero-order valence-corrected chi connectivity index (χ0v) is 45.7. The van der Waals surface area contributed by atoms with Crippen molar-refractivity contribution in [1.29, 1.82) is 0 Å². The fourth-order valence-corrected chi connectivity index (χ4v) is 10.7. The molecule has 25 heteroatoms. The van der Waals surface area contributed by atoms with E-state index in [-0.39, 0.29) is 22.3 Å². The molecule has 19 nitrogen and oxygen atoms in total. The molecule has 1 amide bonds. The van der Waals surface area contributed by atoms with Gasteiger partial charge in [-0.2, -0.15) is 0 Å².